The van der Waals surface area contributed by atoms with Crippen molar-refractivity contribution in [2.24, 2.45) is 0 Å². The van der Waals surface area contributed by atoms with E-state index in [2.05, 4.69) is 15.9 Å². The third-order valence-electron chi connectivity index (χ3n) is 2.32. The lowest BCUT2D eigenvalue weighted by Gasteiger charge is -2.10. The Morgan fingerprint density at radius 1 is 0.944 bits per heavy atom. The lowest BCUT2D eigenvalue weighted by atomic mass is 10.2. The van der Waals surface area contributed by atoms with Gasteiger partial charge < -0.3 is 4.74 Å². The van der Waals surface area contributed by atoms with E-state index in [0.29, 0.717) is 27.4 Å². The largest absolute Gasteiger partial charge is 0.487 e. The zero-order valence-corrected chi connectivity index (χ0v) is 12.9. The van der Waals surface area contributed by atoms with Gasteiger partial charge in [0, 0.05) is 16.1 Å². The molecule has 2 rings (SSSR count). The molecule has 0 bridgehead atoms. The Morgan fingerprint density at radius 3 is 2.33 bits per heavy atom. The Balaban J connectivity index is 2.16. The molecule has 0 heterocycles. The quantitative estimate of drug-likeness (QED) is 0.607. The van der Waals surface area contributed by atoms with E-state index in [9.17, 15) is 0 Å². The summed E-state index contributed by atoms with van der Waals surface area (Å²) in [4.78, 5) is 0. The summed E-state index contributed by atoms with van der Waals surface area (Å²) in [6, 6.07) is 11.0. The maximum absolute atomic E-state index is 6.03. The summed E-state index contributed by atoms with van der Waals surface area (Å²) in [5.74, 6) is 0.516. The van der Waals surface area contributed by atoms with Gasteiger partial charge in [-0.3, -0.25) is 0 Å². The Morgan fingerprint density at radius 2 is 1.61 bits per heavy atom. The van der Waals surface area contributed by atoms with E-state index in [-0.39, 0.29) is 0 Å². The number of hydrogen-bond donors (Lipinski definition) is 0. The predicted molar refractivity (Wildman–Crippen MR) is 79.9 cm³/mol. The van der Waals surface area contributed by atoms with Crippen molar-refractivity contribution in [2.45, 2.75) is 6.61 Å². The van der Waals surface area contributed by atoms with Crippen LogP contribution in [0.25, 0.3) is 0 Å². The molecule has 0 fully saturated rings. The van der Waals surface area contributed by atoms with Crippen LogP contribution in [-0.4, -0.2) is 0 Å². The van der Waals surface area contributed by atoms with Gasteiger partial charge in [0.15, 0.2) is 0 Å². The Hall–Kier alpha value is -0.410. The second kappa shape index (κ2) is 6.16. The highest BCUT2D eigenvalue weighted by Crippen LogP contribution is 2.34. The van der Waals surface area contributed by atoms with Crippen molar-refractivity contribution in [3.63, 3.8) is 0 Å². The standard InChI is InChI=1S/C13H8BrCl3O/c14-9-4-2-1-3-8(9)7-18-13-6-11(16)10(15)5-12(13)17/h1-6H,7H2. The van der Waals surface area contributed by atoms with Crippen LogP contribution in [0.15, 0.2) is 40.9 Å². The second-order valence-corrected chi connectivity index (χ2v) is 5.65. The molecule has 0 aliphatic rings. The van der Waals surface area contributed by atoms with Gasteiger partial charge in [-0.05, 0) is 12.1 Å². The summed E-state index contributed by atoms with van der Waals surface area (Å²) in [6.45, 7) is 0.402. The van der Waals surface area contributed by atoms with E-state index in [1.165, 1.54) is 0 Å². The minimum atomic E-state index is 0.402. The summed E-state index contributed by atoms with van der Waals surface area (Å²) in [5.41, 5.74) is 1.03. The molecule has 0 N–H and O–H groups in total. The fourth-order valence-corrected chi connectivity index (χ4v) is 2.38. The molecule has 2 aromatic carbocycles. The van der Waals surface area contributed by atoms with Gasteiger partial charge in [-0.1, -0.05) is 68.9 Å². The maximum atomic E-state index is 6.03. The van der Waals surface area contributed by atoms with E-state index in [4.69, 9.17) is 39.5 Å². The number of benzene rings is 2. The summed E-state index contributed by atoms with van der Waals surface area (Å²) in [7, 11) is 0. The third kappa shape index (κ3) is 3.33. The van der Waals surface area contributed by atoms with E-state index in [1.807, 2.05) is 24.3 Å². The Kier molecular flexibility index (Phi) is 4.79. The minimum Gasteiger partial charge on any atom is -0.487 e. The lowest BCUT2D eigenvalue weighted by molar-refractivity contribution is 0.305. The minimum absolute atomic E-state index is 0.402. The molecule has 0 atom stereocenters. The van der Waals surface area contributed by atoms with Crippen molar-refractivity contribution < 1.29 is 4.74 Å². The first kappa shape index (κ1) is 14.0. The monoisotopic (exact) mass is 364 g/mol. The number of rotatable bonds is 3. The van der Waals surface area contributed by atoms with Gasteiger partial charge in [-0.2, -0.15) is 0 Å². The molecule has 0 saturated carbocycles. The summed E-state index contributed by atoms with van der Waals surface area (Å²) in [5, 5.41) is 1.27. The molecule has 2 aromatic rings. The highest BCUT2D eigenvalue weighted by atomic mass is 79.9. The number of hydrogen-bond acceptors (Lipinski definition) is 1. The van der Waals surface area contributed by atoms with Gasteiger partial charge in [0.25, 0.3) is 0 Å². The molecule has 0 aliphatic carbocycles. The summed E-state index contributed by atoms with van der Waals surface area (Å²) in [6.07, 6.45) is 0. The normalized spacial score (nSPS) is 10.4. The first-order valence-corrected chi connectivity index (χ1v) is 7.01. The fourth-order valence-electron chi connectivity index (χ4n) is 1.39. The molecule has 94 valence electrons. The number of halogens is 4. The van der Waals surface area contributed by atoms with Gasteiger partial charge in [-0.25, -0.2) is 0 Å². The van der Waals surface area contributed by atoms with Gasteiger partial charge in [0.1, 0.15) is 12.4 Å². The van der Waals surface area contributed by atoms with Crippen LogP contribution >= 0.6 is 50.7 Å². The molecule has 0 amide bonds. The molecule has 0 spiro atoms. The second-order valence-electron chi connectivity index (χ2n) is 3.58. The lowest BCUT2D eigenvalue weighted by Crippen LogP contribution is -1.97. The highest BCUT2D eigenvalue weighted by molar-refractivity contribution is 9.10. The van der Waals surface area contributed by atoms with E-state index in [0.717, 1.165) is 10.0 Å². The van der Waals surface area contributed by atoms with Crippen molar-refractivity contribution in [1.29, 1.82) is 0 Å². The summed E-state index contributed by atoms with van der Waals surface area (Å²) < 4.78 is 6.62. The molecule has 0 aromatic heterocycles. The van der Waals surface area contributed by atoms with Crippen LogP contribution in [0.4, 0.5) is 0 Å². The zero-order valence-electron chi connectivity index (χ0n) is 9.09. The first-order chi connectivity index (χ1) is 8.58. The van der Waals surface area contributed by atoms with Crippen LogP contribution in [0.1, 0.15) is 5.56 Å². The van der Waals surface area contributed by atoms with Crippen molar-refractivity contribution >= 4 is 50.7 Å². The molecule has 0 unspecified atom stereocenters. The maximum Gasteiger partial charge on any atom is 0.139 e. The highest BCUT2D eigenvalue weighted by Gasteiger charge is 2.08. The average molecular weight is 366 g/mol. The smallest absolute Gasteiger partial charge is 0.139 e. The van der Waals surface area contributed by atoms with Gasteiger partial charge in [0.2, 0.25) is 0 Å². The van der Waals surface area contributed by atoms with Crippen LogP contribution in [0.3, 0.4) is 0 Å². The van der Waals surface area contributed by atoms with E-state index < -0.39 is 0 Å². The van der Waals surface area contributed by atoms with E-state index in [1.54, 1.807) is 12.1 Å². The average Bonchev–Trinajstić information content (AvgIpc) is 2.34. The topological polar surface area (TPSA) is 9.23 Å². The van der Waals surface area contributed by atoms with Crippen LogP contribution in [-0.2, 0) is 6.61 Å². The van der Waals surface area contributed by atoms with Crippen molar-refractivity contribution in [1.82, 2.24) is 0 Å². The molecule has 0 radical (unpaired) electrons. The van der Waals surface area contributed by atoms with Crippen LogP contribution in [0, 0.1) is 0 Å². The molecule has 0 saturated heterocycles. The zero-order chi connectivity index (χ0) is 13.1. The van der Waals surface area contributed by atoms with Gasteiger partial charge in [-0.15, -0.1) is 0 Å². The van der Waals surface area contributed by atoms with E-state index >= 15 is 0 Å². The molecule has 0 aliphatic heterocycles. The van der Waals surface area contributed by atoms with Crippen LogP contribution in [0.5, 0.6) is 5.75 Å². The van der Waals surface area contributed by atoms with Gasteiger partial charge >= 0.3 is 0 Å². The predicted octanol–water partition coefficient (Wildman–Crippen LogP) is 5.99. The fraction of sp³-hybridized carbons (Fsp3) is 0.0769. The van der Waals surface area contributed by atoms with Crippen LogP contribution in [0.2, 0.25) is 15.1 Å². The van der Waals surface area contributed by atoms with Gasteiger partial charge in [0.05, 0.1) is 15.1 Å². The molecular weight excluding hydrogens is 358 g/mol. The number of ether oxygens (including phenoxy) is 1. The van der Waals surface area contributed by atoms with Crippen molar-refractivity contribution in [2.75, 3.05) is 0 Å². The Bertz CT molecular complexity index is 572. The first-order valence-electron chi connectivity index (χ1n) is 5.08. The Labute approximate surface area is 129 Å². The summed E-state index contributed by atoms with van der Waals surface area (Å²) >= 11 is 21.2. The van der Waals surface area contributed by atoms with Crippen molar-refractivity contribution in [3.8, 4) is 5.75 Å². The molecular formula is C13H8BrCl3O. The molecule has 1 nitrogen and oxygen atoms in total. The molecule has 18 heavy (non-hydrogen) atoms. The van der Waals surface area contributed by atoms with Crippen LogP contribution < -0.4 is 4.74 Å². The molecule has 5 heteroatoms. The van der Waals surface area contributed by atoms with Crippen molar-refractivity contribution in [3.05, 3.63) is 61.5 Å². The third-order valence-corrected chi connectivity index (χ3v) is 4.11. The SMILES string of the molecule is Clc1cc(Cl)c(OCc2ccccc2Br)cc1Cl.